The van der Waals surface area contributed by atoms with Crippen LogP contribution in [-0.4, -0.2) is 4.98 Å². The average Bonchev–Trinajstić information content (AvgIpc) is 2.42. The zero-order valence-electron chi connectivity index (χ0n) is 12.4. The fourth-order valence-electron chi connectivity index (χ4n) is 2.73. The molecule has 0 saturated carbocycles. The molecule has 2 nitrogen and oxygen atoms in total. The molecule has 0 bridgehead atoms. The third kappa shape index (κ3) is 1.97. The Kier molecular flexibility index (Phi) is 3.01. The number of hydrogen-bond donors (Lipinski definition) is 0. The molecule has 0 aliphatic carbocycles. The molecular weight excluding hydrogens is 244 g/mol. The van der Waals surface area contributed by atoms with Crippen LogP contribution in [-0.2, 0) is 7.05 Å². The highest BCUT2D eigenvalue weighted by molar-refractivity contribution is 5.94. The first kappa shape index (κ1) is 12.8. The second-order valence-electron chi connectivity index (χ2n) is 5.47. The predicted octanol–water partition coefficient (Wildman–Crippen LogP) is 3.65. The fourth-order valence-corrected chi connectivity index (χ4v) is 2.73. The third-order valence-electron chi connectivity index (χ3n) is 3.99. The van der Waals surface area contributed by atoms with Crippen LogP contribution >= 0.6 is 0 Å². The van der Waals surface area contributed by atoms with Crippen molar-refractivity contribution >= 4 is 10.8 Å². The van der Waals surface area contributed by atoms with Crippen molar-refractivity contribution in [3.63, 3.8) is 0 Å². The second-order valence-corrected chi connectivity index (χ2v) is 5.47. The van der Waals surface area contributed by atoms with E-state index in [1.807, 2.05) is 12.4 Å². The minimum atomic E-state index is 1.20. The molecule has 100 valence electrons. The molecular formula is C18H19N2+. The smallest absolute Gasteiger partial charge is 0.222 e. The van der Waals surface area contributed by atoms with Crippen LogP contribution in [0.5, 0.6) is 0 Å². The largest absolute Gasteiger partial charge is 0.264 e. The molecule has 0 aliphatic heterocycles. The summed E-state index contributed by atoms with van der Waals surface area (Å²) in [6, 6.07) is 10.9. The van der Waals surface area contributed by atoms with Gasteiger partial charge in [-0.2, -0.15) is 4.57 Å². The zero-order chi connectivity index (χ0) is 14.3. The first-order chi connectivity index (χ1) is 9.58. The molecule has 0 amide bonds. The van der Waals surface area contributed by atoms with Crippen molar-refractivity contribution in [3.05, 3.63) is 59.5 Å². The third-order valence-corrected chi connectivity index (χ3v) is 3.99. The summed E-state index contributed by atoms with van der Waals surface area (Å²) in [7, 11) is 2.12. The Hall–Kier alpha value is -2.22. The van der Waals surface area contributed by atoms with Gasteiger partial charge in [-0.15, -0.1) is 0 Å². The molecule has 0 fully saturated rings. The van der Waals surface area contributed by atoms with E-state index in [-0.39, 0.29) is 0 Å². The lowest BCUT2D eigenvalue weighted by Gasteiger charge is -2.09. The van der Waals surface area contributed by atoms with E-state index in [2.05, 4.69) is 67.7 Å². The number of nitrogens with zero attached hydrogens (tertiary/aromatic N) is 2. The maximum atomic E-state index is 4.30. The molecule has 0 atom stereocenters. The molecule has 0 saturated heterocycles. The standard InChI is InChI=1S/C18H19N2/c1-12-5-6-16-15(9-12)10-14(3)20(4)18(16)17-11-19-8-7-13(17)2/h5-11H,1-4H3/q+1. The van der Waals surface area contributed by atoms with Crippen LogP contribution in [0.4, 0.5) is 0 Å². The lowest BCUT2D eigenvalue weighted by Crippen LogP contribution is -2.35. The van der Waals surface area contributed by atoms with Gasteiger partial charge in [0, 0.05) is 25.4 Å². The summed E-state index contributed by atoms with van der Waals surface area (Å²) >= 11 is 0. The Morgan fingerprint density at radius 2 is 1.80 bits per heavy atom. The monoisotopic (exact) mass is 263 g/mol. The van der Waals surface area contributed by atoms with Crippen molar-refractivity contribution in [2.24, 2.45) is 7.05 Å². The van der Waals surface area contributed by atoms with Crippen molar-refractivity contribution in [2.45, 2.75) is 20.8 Å². The summed E-state index contributed by atoms with van der Waals surface area (Å²) in [5.74, 6) is 0. The minimum absolute atomic E-state index is 1.20. The first-order valence-corrected chi connectivity index (χ1v) is 6.89. The van der Waals surface area contributed by atoms with Crippen molar-refractivity contribution in [1.82, 2.24) is 4.98 Å². The van der Waals surface area contributed by atoms with Crippen molar-refractivity contribution in [2.75, 3.05) is 0 Å². The van der Waals surface area contributed by atoms with E-state index in [1.54, 1.807) is 0 Å². The van der Waals surface area contributed by atoms with Gasteiger partial charge in [0.15, 0.2) is 5.69 Å². The van der Waals surface area contributed by atoms with E-state index < -0.39 is 0 Å². The highest BCUT2D eigenvalue weighted by atomic mass is 14.9. The SMILES string of the molecule is Cc1ccc2c(-c3cnccc3C)[n+](C)c(C)cc2c1. The zero-order valence-corrected chi connectivity index (χ0v) is 12.4. The Morgan fingerprint density at radius 3 is 2.55 bits per heavy atom. The van der Waals surface area contributed by atoms with Gasteiger partial charge in [0.1, 0.15) is 7.05 Å². The number of benzene rings is 1. The van der Waals surface area contributed by atoms with Gasteiger partial charge < -0.3 is 0 Å². The van der Waals surface area contributed by atoms with Gasteiger partial charge in [-0.1, -0.05) is 17.7 Å². The molecule has 2 heterocycles. The lowest BCUT2D eigenvalue weighted by molar-refractivity contribution is -0.665. The molecule has 0 spiro atoms. The molecule has 0 aliphatic rings. The highest BCUT2D eigenvalue weighted by Crippen LogP contribution is 2.28. The van der Waals surface area contributed by atoms with Crippen molar-refractivity contribution in [1.29, 1.82) is 0 Å². The summed E-state index contributed by atoms with van der Waals surface area (Å²) in [6.07, 6.45) is 3.81. The maximum Gasteiger partial charge on any atom is 0.222 e. The fraction of sp³-hybridized carbons (Fsp3) is 0.222. The van der Waals surface area contributed by atoms with E-state index >= 15 is 0 Å². The number of fused-ring (bicyclic) bond motifs is 1. The van der Waals surface area contributed by atoms with Gasteiger partial charge in [-0.05, 0) is 36.9 Å². The highest BCUT2D eigenvalue weighted by Gasteiger charge is 2.19. The number of rotatable bonds is 1. The van der Waals surface area contributed by atoms with E-state index in [9.17, 15) is 0 Å². The van der Waals surface area contributed by atoms with Crippen LogP contribution in [0.2, 0.25) is 0 Å². The van der Waals surface area contributed by atoms with Gasteiger partial charge in [0.05, 0.1) is 10.9 Å². The summed E-state index contributed by atoms with van der Waals surface area (Å²) < 4.78 is 2.25. The molecule has 1 aromatic carbocycles. The van der Waals surface area contributed by atoms with Crippen LogP contribution in [0.15, 0.2) is 42.7 Å². The molecule has 2 heteroatoms. The molecule has 20 heavy (non-hydrogen) atoms. The second kappa shape index (κ2) is 4.71. The minimum Gasteiger partial charge on any atom is -0.264 e. The normalized spacial score (nSPS) is 11.0. The molecule has 0 radical (unpaired) electrons. The first-order valence-electron chi connectivity index (χ1n) is 6.89. The van der Waals surface area contributed by atoms with Crippen LogP contribution < -0.4 is 4.57 Å². The van der Waals surface area contributed by atoms with Crippen LogP contribution in [0.1, 0.15) is 16.8 Å². The molecule has 0 unspecified atom stereocenters. The Balaban J connectivity index is 2.45. The van der Waals surface area contributed by atoms with Crippen LogP contribution in [0, 0.1) is 20.8 Å². The Morgan fingerprint density at radius 1 is 1.00 bits per heavy atom. The van der Waals surface area contributed by atoms with Gasteiger partial charge >= 0.3 is 0 Å². The van der Waals surface area contributed by atoms with E-state index in [4.69, 9.17) is 0 Å². The number of pyridine rings is 2. The van der Waals surface area contributed by atoms with Gasteiger partial charge in [0.25, 0.3) is 0 Å². The lowest BCUT2D eigenvalue weighted by atomic mass is 9.99. The topological polar surface area (TPSA) is 16.8 Å². The molecule has 3 aromatic rings. The summed E-state index contributed by atoms with van der Waals surface area (Å²) in [5, 5.41) is 2.57. The summed E-state index contributed by atoms with van der Waals surface area (Å²) in [5.41, 5.74) is 6.24. The number of hydrogen-bond acceptors (Lipinski definition) is 1. The summed E-state index contributed by atoms with van der Waals surface area (Å²) in [6.45, 7) is 6.42. The molecule has 3 rings (SSSR count). The van der Waals surface area contributed by atoms with Crippen molar-refractivity contribution in [3.8, 4) is 11.3 Å². The molecule has 0 N–H and O–H groups in total. The summed E-state index contributed by atoms with van der Waals surface area (Å²) in [4.78, 5) is 4.30. The van der Waals surface area contributed by atoms with E-state index in [1.165, 1.54) is 38.9 Å². The maximum absolute atomic E-state index is 4.30. The Labute approximate surface area is 119 Å². The van der Waals surface area contributed by atoms with Gasteiger partial charge in [0.2, 0.25) is 5.69 Å². The van der Waals surface area contributed by atoms with Crippen molar-refractivity contribution < 1.29 is 4.57 Å². The van der Waals surface area contributed by atoms with E-state index in [0.717, 1.165) is 0 Å². The van der Waals surface area contributed by atoms with E-state index in [0.29, 0.717) is 0 Å². The van der Waals surface area contributed by atoms with Gasteiger partial charge in [-0.25, -0.2) is 0 Å². The predicted molar refractivity (Wildman–Crippen MR) is 82.6 cm³/mol. The van der Waals surface area contributed by atoms with Gasteiger partial charge in [-0.3, -0.25) is 4.98 Å². The number of aryl methyl sites for hydroxylation is 3. The number of aromatic nitrogens is 2. The molecule has 2 aromatic heterocycles. The Bertz CT molecular complexity index is 804. The van der Waals surface area contributed by atoms with Crippen LogP contribution in [0.25, 0.3) is 22.0 Å². The average molecular weight is 263 g/mol. The van der Waals surface area contributed by atoms with Crippen LogP contribution in [0.3, 0.4) is 0 Å². The quantitative estimate of drug-likeness (QED) is 0.612.